The second kappa shape index (κ2) is 10.8. The van der Waals surface area contributed by atoms with Crippen LogP contribution in [0.1, 0.15) is 18.4 Å². The number of carbonyl (C=O) groups is 1. The molecule has 0 saturated heterocycles. The van der Waals surface area contributed by atoms with Crippen LogP contribution in [0.25, 0.3) is 0 Å². The van der Waals surface area contributed by atoms with Crippen LogP contribution >= 0.6 is 24.0 Å². The molecule has 1 amide bonds. The van der Waals surface area contributed by atoms with Crippen LogP contribution < -0.4 is 21.1 Å². The van der Waals surface area contributed by atoms with Crippen LogP contribution in [0, 0.1) is 0 Å². The molecule has 2 aromatic carbocycles. The number of aliphatic imine (C=N–C) groups is 1. The lowest BCUT2D eigenvalue weighted by Gasteiger charge is -2.08. The van der Waals surface area contributed by atoms with E-state index in [0.29, 0.717) is 24.3 Å². The maximum Gasteiger partial charge on any atom is 0.258 e. The van der Waals surface area contributed by atoms with E-state index in [1.807, 2.05) is 54.6 Å². The molecule has 2 aromatic rings. The third-order valence-electron chi connectivity index (χ3n) is 3.96. The number of nitrogens with two attached hydrogens (primary N) is 1. The highest BCUT2D eigenvalue weighted by Gasteiger charge is 2.23. The summed E-state index contributed by atoms with van der Waals surface area (Å²) in [6.07, 6.45) is 2.93. The summed E-state index contributed by atoms with van der Waals surface area (Å²) in [7, 11) is 0. The Morgan fingerprint density at radius 1 is 1.11 bits per heavy atom. The molecule has 4 N–H and O–H groups in total. The Morgan fingerprint density at radius 2 is 1.81 bits per heavy atom. The van der Waals surface area contributed by atoms with Gasteiger partial charge in [-0.05, 0) is 49.1 Å². The second-order valence-electron chi connectivity index (χ2n) is 6.28. The summed E-state index contributed by atoms with van der Waals surface area (Å²) in [4.78, 5) is 15.9. The molecule has 7 heteroatoms. The molecule has 1 saturated carbocycles. The molecule has 0 heterocycles. The summed E-state index contributed by atoms with van der Waals surface area (Å²) < 4.78 is 5.49. The number of guanidine groups is 1. The maximum absolute atomic E-state index is 11.6. The van der Waals surface area contributed by atoms with E-state index in [9.17, 15) is 4.79 Å². The van der Waals surface area contributed by atoms with Gasteiger partial charge in [-0.2, -0.15) is 0 Å². The van der Waals surface area contributed by atoms with Gasteiger partial charge in [0.25, 0.3) is 5.91 Å². The van der Waals surface area contributed by atoms with Crippen LogP contribution in [0.2, 0.25) is 0 Å². The summed E-state index contributed by atoms with van der Waals surface area (Å²) in [5.74, 6) is 1.03. The standard InChI is InChI=1S/C20H24N4O2.HI/c21-20(24-16-4-2-1-3-5-16)22-13-12-15-6-10-18(11-7-15)26-14-19(25)23-17-8-9-17;/h1-7,10-11,17H,8-9,12-14H2,(H,23,25)(H3,21,22,24);1H. The van der Waals surface area contributed by atoms with Crippen molar-refractivity contribution in [1.82, 2.24) is 5.32 Å². The van der Waals surface area contributed by atoms with E-state index < -0.39 is 0 Å². The molecule has 6 nitrogen and oxygen atoms in total. The van der Waals surface area contributed by atoms with Crippen molar-refractivity contribution >= 4 is 41.5 Å². The van der Waals surface area contributed by atoms with E-state index in [4.69, 9.17) is 10.5 Å². The van der Waals surface area contributed by atoms with Gasteiger partial charge in [-0.25, -0.2) is 0 Å². The number of halogens is 1. The lowest BCUT2D eigenvalue weighted by atomic mass is 10.1. The van der Waals surface area contributed by atoms with Gasteiger partial charge >= 0.3 is 0 Å². The predicted molar refractivity (Wildman–Crippen MR) is 119 cm³/mol. The van der Waals surface area contributed by atoms with Crippen molar-refractivity contribution in [1.29, 1.82) is 0 Å². The highest BCUT2D eigenvalue weighted by Crippen LogP contribution is 2.18. The number of hydrogen-bond acceptors (Lipinski definition) is 3. The molecule has 1 aliphatic carbocycles. The van der Waals surface area contributed by atoms with Crippen LogP contribution in [0.15, 0.2) is 59.6 Å². The maximum atomic E-state index is 11.6. The molecule has 144 valence electrons. The van der Waals surface area contributed by atoms with Crippen molar-refractivity contribution < 1.29 is 9.53 Å². The van der Waals surface area contributed by atoms with Gasteiger partial charge in [-0.3, -0.25) is 9.79 Å². The summed E-state index contributed by atoms with van der Waals surface area (Å²) >= 11 is 0. The van der Waals surface area contributed by atoms with E-state index in [-0.39, 0.29) is 36.5 Å². The quantitative estimate of drug-likeness (QED) is 0.308. The van der Waals surface area contributed by atoms with E-state index >= 15 is 0 Å². The van der Waals surface area contributed by atoms with Gasteiger partial charge in [0.15, 0.2) is 12.6 Å². The normalized spacial score (nSPS) is 13.4. The zero-order valence-corrected chi connectivity index (χ0v) is 17.4. The third kappa shape index (κ3) is 7.86. The highest BCUT2D eigenvalue weighted by molar-refractivity contribution is 14.0. The Bertz CT molecular complexity index is 746. The van der Waals surface area contributed by atoms with Gasteiger partial charge in [-0.1, -0.05) is 30.3 Å². The first-order chi connectivity index (χ1) is 12.7. The Kier molecular flexibility index (Phi) is 8.38. The minimum Gasteiger partial charge on any atom is -0.484 e. The topological polar surface area (TPSA) is 88.7 Å². The number of amides is 1. The summed E-state index contributed by atoms with van der Waals surface area (Å²) in [6.45, 7) is 0.650. The largest absolute Gasteiger partial charge is 0.484 e. The Morgan fingerprint density at radius 3 is 2.48 bits per heavy atom. The molecule has 1 fully saturated rings. The van der Waals surface area contributed by atoms with Crippen LogP contribution in [-0.2, 0) is 11.2 Å². The van der Waals surface area contributed by atoms with Crippen LogP contribution in [0.5, 0.6) is 5.75 Å². The molecule has 0 radical (unpaired) electrons. The second-order valence-corrected chi connectivity index (χ2v) is 6.28. The zero-order chi connectivity index (χ0) is 18.2. The fourth-order valence-electron chi connectivity index (χ4n) is 2.41. The zero-order valence-electron chi connectivity index (χ0n) is 15.1. The number of ether oxygens (including phenoxy) is 1. The number of rotatable bonds is 8. The minimum atomic E-state index is -0.0627. The molecule has 0 atom stereocenters. The SMILES string of the molecule is I.NC(=NCCc1ccc(OCC(=O)NC2CC2)cc1)Nc1ccccc1. The lowest BCUT2D eigenvalue weighted by Crippen LogP contribution is -2.30. The van der Waals surface area contributed by atoms with E-state index in [0.717, 1.165) is 30.5 Å². The van der Waals surface area contributed by atoms with Crippen LogP contribution in [0.4, 0.5) is 5.69 Å². The van der Waals surface area contributed by atoms with Crippen molar-refractivity contribution in [2.45, 2.75) is 25.3 Å². The van der Waals surface area contributed by atoms with Crippen molar-refractivity contribution in [3.63, 3.8) is 0 Å². The predicted octanol–water partition coefficient (Wildman–Crippen LogP) is 2.93. The number of nitrogens with one attached hydrogen (secondary N) is 2. The molecule has 0 aromatic heterocycles. The molecule has 0 spiro atoms. The van der Waals surface area contributed by atoms with Gasteiger partial charge in [0.2, 0.25) is 0 Å². The monoisotopic (exact) mass is 480 g/mol. The van der Waals surface area contributed by atoms with Gasteiger partial charge in [-0.15, -0.1) is 24.0 Å². The van der Waals surface area contributed by atoms with Crippen molar-refractivity contribution in [2.24, 2.45) is 10.7 Å². The molecule has 1 aliphatic rings. The Hall–Kier alpha value is -2.29. The average molecular weight is 480 g/mol. The molecule has 0 unspecified atom stereocenters. The van der Waals surface area contributed by atoms with E-state index in [1.54, 1.807) is 0 Å². The number of anilines is 1. The Balaban J connectivity index is 0.00000261. The Labute approximate surface area is 176 Å². The van der Waals surface area contributed by atoms with Crippen LogP contribution in [0.3, 0.4) is 0 Å². The fourth-order valence-corrected chi connectivity index (χ4v) is 2.41. The first-order valence-corrected chi connectivity index (χ1v) is 8.82. The fraction of sp³-hybridized carbons (Fsp3) is 0.300. The van der Waals surface area contributed by atoms with Gasteiger partial charge in [0.05, 0.1) is 0 Å². The minimum absolute atomic E-state index is 0. The number of para-hydroxylation sites is 1. The first kappa shape index (κ1) is 21.0. The van der Waals surface area contributed by atoms with Gasteiger partial charge in [0.1, 0.15) is 5.75 Å². The number of carbonyl (C=O) groups excluding carboxylic acids is 1. The molecule has 3 rings (SSSR count). The number of benzene rings is 2. The van der Waals surface area contributed by atoms with Crippen molar-refractivity contribution in [2.75, 3.05) is 18.5 Å². The highest BCUT2D eigenvalue weighted by atomic mass is 127. The molecule has 0 aliphatic heterocycles. The smallest absolute Gasteiger partial charge is 0.258 e. The lowest BCUT2D eigenvalue weighted by molar-refractivity contribution is -0.123. The molecule has 27 heavy (non-hydrogen) atoms. The summed E-state index contributed by atoms with van der Waals surface area (Å²) in [5.41, 5.74) is 7.93. The average Bonchev–Trinajstić information content (AvgIpc) is 3.46. The summed E-state index contributed by atoms with van der Waals surface area (Å²) in [5, 5.41) is 5.95. The van der Waals surface area contributed by atoms with Gasteiger partial charge in [0, 0.05) is 18.3 Å². The number of hydrogen-bond donors (Lipinski definition) is 3. The first-order valence-electron chi connectivity index (χ1n) is 8.82. The van der Waals surface area contributed by atoms with Crippen LogP contribution in [-0.4, -0.2) is 31.1 Å². The summed E-state index contributed by atoms with van der Waals surface area (Å²) in [6, 6.07) is 17.8. The van der Waals surface area contributed by atoms with Gasteiger partial charge < -0.3 is 21.1 Å². The molecular formula is C20H25IN4O2. The van der Waals surface area contributed by atoms with E-state index in [1.165, 1.54) is 0 Å². The van der Waals surface area contributed by atoms with E-state index in [2.05, 4.69) is 15.6 Å². The van der Waals surface area contributed by atoms with Crippen molar-refractivity contribution in [3.8, 4) is 5.75 Å². The number of nitrogens with zero attached hydrogens (tertiary/aromatic N) is 1. The van der Waals surface area contributed by atoms with Crippen molar-refractivity contribution in [3.05, 3.63) is 60.2 Å². The third-order valence-corrected chi connectivity index (χ3v) is 3.96. The molecular weight excluding hydrogens is 455 g/mol. The molecule has 0 bridgehead atoms.